The summed E-state index contributed by atoms with van der Waals surface area (Å²) in [5.41, 5.74) is 3.45. The highest BCUT2D eigenvalue weighted by molar-refractivity contribution is 7.17. The molecule has 0 fully saturated rings. The fourth-order valence-electron chi connectivity index (χ4n) is 2.48. The molecule has 2 aromatic carbocycles. The number of amides is 1. The highest BCUT2D eigenvalue weighted by Crippen LogP contribution is 2.36. The monoisotopic (exact) mass is 389 g/mol. The predicted octanol–water partition coefficient (Wildman–Crippen LogP) is 5.27. The number of benzene rings is 2. The number of ether oxygens (including phenoxy) is 1. The van der Waals surface area contributed by atoms with Crippen LogP contribution in [0.25, 0.3) is 16.8 Å². The minimum absolute atomic E-state index is 0.223. The van der Waals surface area contributed by atoms with E-state index in [4.69, 9.17) is 4.74 Å². The van der Waals surface area contributed by atoms with Gasteiger partial charge in [-0.15, -0.1) is 0 Å². The van der Waals surface area contributed by atoms with E-state index < -0.39 is 0 Å². The maximum Gasteiger partial charge on any atom is 0.256 e. The predicted molar refractivity (Wildman–Crippen MR) is 112 cm³/mol. The van der Waals surface area contributed by atoms with E-state index >= 15 is 0 Å². The van der Waals surface area contributed by atoms with Crippen LogP contribution in [0.4, 0.5) is 5.00 Å². The molecule has 0 spiro atoms. The zero-order valence-corrected chi connectivity index (χ0v) is 16.4. The van der Waals surface area contributed by atoms with Gasteiger partial charge in [0.25, 0.3) is 5.91 Å². The number of aromatic nitrogens is 1. The summed E-state index contributed by atoms with van der Waals surface area (Å²) in [6.07, 6.45) is 1.40. The molecule has 28 heavy (non-hydrogen) atoms. The lowest BCUT2D eigenvalue weighted by atomic mass is 10.1. The van der Waals surface area contributed by atoms with Crippen LogP contribution in [0.15, 0.2) is 60.9 Å². The molecule has 0 unspecified atom stereocenters. The summed E-state index contributed by atoms with van der Waals surface area (Å²) in [6.45, 7) is 4.27. The number of nitrogens with one attached hydrogen (secondary N) is 1. The molecule has 0 saturated heterocycles. The van der Waals surface area contributed by atoms with Crippen LogP contribution in [-0.2, 0) is 4.74 Å². The first-order valence-corrected chi connectivity index (χ1v) is 9.60. The van der Waals surface area contributed by atoms with Gasteiger partial charge in [0.05, 0.1) is 6.61 Å². The Labute approximate surface area is 167 Å². The van der Waals surface area contributed by atoms with E-state index in [2.05, 4.69) is 16.4 Å². The number of hydrogen-bond donors (Lipinski definition) is 1. The van der Waals surface area contributed by atoms with Crippen molar-refractivity contribution in [3.05, 3.63) is 77.0 Å². The van der Waals surface area contributed by atoms with Crippen molar-refractivity contribution in [3.8, 4) is 17.3 Å². The summed E-state index contributed by atoms with van der Waals surface area (Å²) >= 11 is 1.25. The van der Waals surface area contributed by atoms with E-state index in [1.54, 1.807) is 12.1 Å². The smallest absolute Gasteiger partial charge is 0.256 e. The molecule has 1 N–H and O–H groups in total. The van der Waals surface area contributed by atoms with Crippen LogP contribution in [0.3, 0.4) is 0 Å². The number of nitriles is 1. The quantitative estimate of drug-likeness (QED) is 0.460. The first-order valence-electron chi connectivity index (χ1n) is 8.79. The van der Waals surface area contributed by atoms with Crippen molar-refractivity contribution in [2.45, 2.75) is 13.8 Å². The van der Waals surface area contributed by atoms with E-state index in [0.717, 1.165) is 11.1 Å². The summed E-state index contributed by atoms with van der Waals surface area (Å²) in [4.78, 5) is 17.3. The summed E-state index contributed by atoms with van der Waals surface area (Å²) in [7, 11) is 0. The number of thiazole rings is 1. The number of aryl methyl sites for hydroxylation is 1. The van der Waals surface area contributed by atoms with E-state index in [9.17, 15) is 10.1 Å². The zero-order valence-electron chi connectivity index (χ0n) is 15.6. The molecule has 0 radical (unpaired) electrons. The van der Waals surface area contributed by atoms with Crippen molar-refractivity contribution in [2.75, 3.05) is 11.9 Å². The van der Waals surface area contributed by atoms with E-state index in [-0.39, 0.29) is 5.91 Å². The Morgan fingerprint density at radius 2 is 1.93 bits per heavy atom. The molecule has 1 amide bonds. The minimum atomic E-state index is -0.223. The minimum Gasteiger partial charge on any atom is -0.500 e. The Morgan fingerprint density at radius 1 is 1.21 bits per heavy atom. The average Bonchev–Trinajstić information content (AvgIpc) is 3.13. The van der Waals surface area contributed by atoms with Gasteiger partial charge in [-0.2, -0.15) is 5.26 Å². The fraction of sp³-hybridized carbons (Fsp3) is 0.136. The van der Waals surface area contributed by atoms with Crippen LogP contribution in [-0.4, -0.2) is 17.5 Å². The molecule has 5 nitrogen and oxygen atoms in total. The summed E-state index contributed by atoms with van der Waals surface area (Å²) in [5.74, 6) is -0.223. The molecule has 0 atom stereocenters. The van der Waals surface area contributed by atoms with Crippen molar-refractivity contribution in [3.63, 3.8) is 0 Å². The summed E-state index contributed by atoms with van der Waals surface area (Å²) in [5, 5.41) is 13.5. The molecule has 3 aromatic rings. The third-order valence-corrected chi connectivity index (χ3v) is 4.94. The topological polar surface area (TPSA) is 75.0 Å². The van der Waals surface area contributed by atoms with Gasteiger partial charge in [-0.25, -0.2) is 4.98 Å². The number of carbonyl (C=O) groups is 1. The number of carbonyl (C=O) groups excluding carboxylic acids is 1. The van der Waals surface area contributed by atoms with Crippen molar-refractivity contribution < 1.29 is 9.53 Å². The SMILES string of the molecule is CCOC=C(C#N)c1nc(-c2ccccc2)c(NC(=O)c2ccc(C)cc2)s1. The Hall–Kier alpha value is -3.43. The maximum absolute atomic E-state index is 12.7. The lowest BCUT2D eigenvalue weighted by molar-refractivity contribution is 0.102. The average molecular weight is 389 g/mol. The molecule has 3 rings (SSSR count). The summed E-state index contributed by atoms with van der Waals surface area (Å²) in [6, 6.07) is 19.0. The molecular formula is C22H19N3O2S. The van der Waals surface area contributed by atoms with Crippen LogP contribution >= 0.6 is 11.3 Å². The first-order chi connectivity index (χ1) is 13.6. The van der Waals surface area contributed by atoms with Crippen LogP contribution in [0.1, 0.15) is 27.9 Å². The van der Waals surface area contributed by atoms with Gasteiger partial charge in [0.15, 0.2) is 0 Å². The lowest BCUT2D eigenvalue weighted by Gasteiger charge is -2.05. The van der Waals surface area contributed by atoms with Crippen LogP contribution < -0.4 is 5.32 Å². The third kappa shape index (κ3) is 4.45. The van der Waals surface area contributed by atoms with E-state index in [0.29, 0.717) is 33.4 Å². The largest absolute Gasteiger partial charge is 0.500 e. The second-order valence-electron chi connectivity index (χ2n) is 5.98. The van der Waals surface area contributed by atoms with E-state index in [1.165, 1.54) is 17.6 Å². The lowest BCUT2D eigenvalue weighted by Crippen LogP contribution is -2.11. The van der Waals surface area contributed by atoms with Crippen LogP contribution in [0.5, 0.6) is 0 Å². The van der Waals surface area contributed by atoms with Crippen molar-refractivity contribution in [1.82, 2.24) is 4.98 Å². The highest BCUT2D eigenvalue weighted by Gasteiger charge is 2.18. The van der Waals surface area contributed by atoms with Gasteiger partial charge in [0.2, 0.25) is 0 Å². The number of hydrogen-bond acceptors (Lipinski definition) is 5. The highest BCUT2D eigenvalue weighted by atomic mass is 32.1. The Morgan fingerprint density at radius 3 is 2.57 bits per heavy atom. The third-order valence-electron chi connectivity index (χ3n) is 3.93. The fourth-order valence-corrected chi connectivity index (χ4v) is 3.42. The van der Waals surface area contributed by atoms with Crippen LogP contribution in [0, 0.1) is 18.3 Å². The molecular weight excluding hydrogens is 370 g/mol. The first kappa shape index (κ1) is 19.3. The van der Waals surface area contributed by atoms with Crippen molar-refractivity contribution in [1.29, 1.82) is 5.26 Å². The number of nitrogens with zero attached hydrogens (tertiary/aromatic N) is 2. The second-order valence-corrected chi connectivity index (χ2v) is 6.98. The molecule has 1 aromatic heterocycles. The van der Waals surface area contributed by atoms with Gasteiger partial charge in [-0.05, 0) is 26.0 Å². The summed E-state index contributed by atoms with van der Waals surface area (Å²) < 4.78 is 5.25. The van der Waals surface area contributed by atoms with Gasteiger partial charge in [0.1, 0.15) is 33.6 Å². The Bertz CT molecular complexity index is 1030. The van der Waals surface area contributed by atoms with Gasteiger partial charge >= 0.3 is 0 Å². The van der Waals surface area contributed by atoms with Crippen molar-refractivity contribution in [2.24, 2.45) is 0 Å². The Kier molecular flexibility index (Phi) is 6.20. The molecule has 0 aliphatic carbocycles. The number of anilines is 1. The van der Waals surface area contributed by atoms with Crippen molar-refractivity contribution >= 4 is 27.8 Å². The molecule has 0 saturated carbocycles. The number of allylic oxidation sites excluding steroid dienone is 1. The van der Waals surface area contributed by atoms with E-state index in [1.807, 2.05) is 56.3 Å². The number of rotatable bonds is 6. The van der Waals surface area contributed by atoms with Gasteiger partial charge < -0.3 is 10.1 Å². The maximum atomic E-state index is 12.7. The standard InChI is InChI=1S/C22H19N3O2S/c1-3-27-14-18(13-23)21-24-19(16-7-5-4-6-8-16)22(28-21)25-20(26)17-11-9-15(2)10-12-17/h4-12,14H,3H2,1-2H3,(H,25,26). The molecule has 0 aliphatic heterocycles. The molecule has 140 valence electrons. The molecule has 1 heterocycles. The molecule has 6 heteroatoms. The normalized spacial score (nSPS) is 11.0. The van der Waals surface area contributed by atoms with Crippen LogP contribution in [0.2, 0.25) is 0 Å². The second kappa shape index (κ2) is 8.98. The van der Waals surface area contributed by atoms with Gasteiger partial charge in [-0.1, -0.05) is 59.4 Å². The van der Waals surface area contributed by atoms with Gasteiger partial charge in [-0.3, -0.25) is 4.79 Å². The zero-order chi connectivity index (χ0) is 19.9. The molecule has 0 bridgehead atoms. The molecule has 0 aliphatic rings. The van der Waals surface area contributed by atoms with Gasteiger partial charge in [0, 0.05) is 11.1 Å². The Balaban J connectivity index is 1.99.